The van der Waals surface area contributed by atoms with Crippen molar-refractivity contribution in [1.29, 1.82) is 0 Å². The fraction of sp³-hybridized carbons (Fsp3) is 0.556. The molecule has 2 aliphatic rings. The maximum Gasteiger partial charge on any atom is 0.225 e. The molecule has 124 valence electrons. The molecule has 2 aliphatic heterocycles. The van der Waals surface area contributed by atoms with Gasteiger partial charge in [0.15, 0.2) is 0 Å². The molecule has 1 N–H and O–H groups in total. The van der Waals surface area contributed by atoms with E-state index in [0.29, 0.717) is 13.0 Å². The highest BCUT2D eigenvalue weighted by molar-refractivity contribution is 5.89. The molecule has 2 heterocycles. The molecule has 1 aromatic carbocycles. The summed E-state index contributed by atoms with van der Waals surface area (Å²) < 4.78 is 0. The Bertz CT molecular complexity index is 561. The summed E-state index contributed by atoms with van der Waals surface area (Å²) in [6.07, 6.45) is 2.47. The number of nitrogens with one attached hydrogen (secondary N) is 1. The van der Waals surface area contributed by atoms with Gasteiger partial charge in [-0.3, -0.25) is 14.5 Å². The molecule has 0 unspecified atom stereocenters. The summed E-state index contributed by atoms with van der Waals surface area (Å²) >= 11 is 0. The Morgan fingerprint density at radius 2 is 2.04 bits per heavy atom. The SMILES string of the molecule is CN1C[C@@H](C(=O)N[C@@H]2CCCN(Cc3ccccc3)C2)CC1=O. The van der Waals surface area contributed by atoms with E-state index in [1.807, 2.05) is 6.07 Å². The lowest BCUT2D eigenvalue weighted by Crippen LogP contribution is -2.49. The van der Waals surface area contributed by atoms with Crippen LogP contribution in [0.4, 0.5) is 0 Å². The molecule has 2 saturated heterocycles. The number of carbonyl (C=O) groups excluding carboxylic acids is 2. The van der Waals surface area contributed by atoms with Crippen molar-refractivity contribution in [2.24, 2.45) is 5.92 Å². The van der Waals surface area contributed by atoms with Gasteiger partial charge >= 0.3 is 0 Å². The summed E-state index contributed by atoms with van der Waals surface area (Å²) in [5.41, 5.74) is 1.31. The molecule has 5 heteroatoms. The molecule has 1 aromatic rings. The van der Waals surface area contributed by atoms with Crippen molar-refractivity contribution in [3.63, 3.8) is 0 Å². The first-order valence-electron chi connectivity index (χ1n) is 8.42. The molecule has 0 saturated carbocycles. The van der Waals surface area contributed by atoms with Crippen LogP contribution in [0.2, 0.25) is 0 Å². The summed E-state index contributed by atoms with van der Waals surface area (Å²) in [6.45, 7) is 3.44. The number of rotatable bonds is 4. The second-order valence-electron chi connectivity index (χ2n) is 6.74. The highest BCUT2D eigenvalue weighted by Crippen LogP contribution is 2.18. The summed E-state index contributed by atoms with van der Waals surface area (Å²) in [4.78, 5) is 28.0. The van der Waals surface area contributed by atoms with E-state index in [-0.39, 0.29) is 23.8 Å². The van der Waals surface area contributed by atoms with Crippen LogP contribution in [0.15, 0.2) is 30.3 Å². The van der Waals surface area contributed by atoms with Gasteiger partial charge in [0.1, 0.15) is 0 Å². The minimum Gasteiger partial charge on any atom is -0.352 e. The first-order valence-corrected chi connectivity index (χ1v) is 8.42. The molecule has 3 rings (SSSR count). The highest BCUT2D eigenvalue weighted by atomic mass is 16.2. The van der Waals surface area contributed by atoms with Crippen LogP contribution in [0.3, 0.4) is 0 Å². The first kappa shape index (κ1) is 16.0. The first-order chi connectivity index (χ1) is 11.1. The Balaban J connectivity index is 1.50. The van der Waals surface area contributed by atoms with Crippen molar-refractivity contribution in [2.75, 3.05) is 26.7 Å². The van der Waals surface area contributed by atoms with E-state index in [1.165, 1.54) is 5.56 Å². The van der Waals surface area contributed by atoms with E-state index in [4.69, 9.17) is 0 Å². The third-order valence-corrected chi connectivity index (χ3v) is 4.81. The van der Waals surface area contributed by atoms with E-state index >= 15 is 0 Å². The number of benzene rings is 1. The predicted molar refractivity (Wildman–Crippen MR) is 88.6 cm³/mol. The Hall–Kier alpha value is -1.88. The van der Waals surface area contributed by atoms with Gasteiger partial charge in [-0.2, -0.15) is 0 Å². The molecule has 0 radical (unpaired) electrons. The van der Waals surface area contributed by atoms with Gasteiger partial charge in [-0.15, -0.1) is 0 Å². The summed E-state index contributed by atoms with van der Waals surface area (Å²) in [6, 6.07) is 10.6. The minimum absolute atomic E-state index is 0.0364. The van der Waals surface area contributed by atoms with Crippen molar-refractivity contribution >= 4 is 11.8 Å². The maximum atomic E-state index is 12.4. The predicted octanol–water partition coefficient (Wildman–Crippen LogP) is 1.25. The van der Waals surface area contributed by atoms with E-state index in [9.17, 15) is 9.59 Å². The number of piperidine rings is 1. The Morgan fingerprint density at radius 3 is 2.74 bits per heavy atom. The average molecular weight is 315 g/mol. The number of nitrogens with zero attached hydrogens (tertiary/aromatic N) is 2. The molecular weight excluding hydrogens is 290 g/mol. The van der Waals surface area contributed by atoms with Gasteiger partial charge in [0.25, 0.3) is 0 Å². The van der Waals surface area contributed by atoms with Crippen LogP contribution in [0.25, 0.3) is 0 Å². The Morgan fingerprint density at radius 1 is 1.26 bits per heavy atom. The maximum absolute atomic E-state index is 12.4. The van der Waals surface area contributed by atoms with Crippen LogP contribution < -0.4 is 5.32 Å². The molecule has 23 heavy (non-hydrogen) atoms. The van der Waals surface area contributed by atoms with Crippen molar-refractivity contribution in [1.82, 2.24) is 15.1 Å². The van der Waals surface area contributed by atoms with Crippen molar-refractivity contribution in [3.8, 4) is 0 Å². The van der Waals surface area contributed by atoms with Crippen LogP contribution in [-0.4, -0.2) is 54.3 Å². The van der Waals surface area contributed by atoms with E-state index in [0.717, 1.165) is 32.5 Å². The van der Waals surface area contributed by atoms with Crippen molar-refractivity contribution in [2.45, 2.75) is 31.8 Å². The average Bonchev–Trinajstić information content (AvgIpc) is 2.88. The van der Waals surface area contributed by atoms with Crippen molar-refractivity contribution in [3.05, 3.63) is 35.9 Å². The summed E-state index contributed by atoms with van der Waals surface area (Å²) in [7, 11) is 1.76. The molecule has 0 bridgehead atoms. The number of hydrogen-bond acceptors (Lipinski definition) is 3. The number of carbonyl (C=O) groups is 2. The lowest BCUT2D eigenvalue weighted by atomic mass is 10.0. The molecule has 0 spiro atoms. The molecule has 0 aliphatic carbocycles. The third-order valence-electron chi connectivity index (χ3n) is 4.81. The number of amides is 2. The second-order valence-corrected chi connectivity index (χ2v) is 6.74. The zero-order valence-corrected chi connectivity index (χ0v) is 13.7. The molecule has 2 fully saturated rings. The van der Waals surface area contributed by atoms with Crippen molar-refractivity contribution < 1.29 is 9.59 Å². The van der Waals surface area contributed by atoms with Gasteiger partial charge in [-0.05, 0) is 24.9 Å². The van der Waals surface area contributed by atoms with Crippen LogP contribution in [-0.2, 0) is 16.1 Å². The minimum atomic E-state index is -0.183. The van der Waals surface area contributed by atoms with Crippen LogP contribution in [0.5, 0.6) is 0 Å². The standard InChI is InChI=1S/C18H25N3O2/c1-20-12-15(10-17(20)22)18(23)19-16-8-5-9-21(13-16)11-14-6-3-2-4-7-14/h2-4,6-7,15-16H,5,8-13H2,1H3,(H,19,23)/t15-,16+/m0/s1. The van der Waals surface area contributed by atoms with E-state index < -0.39 is 0 Å². The largest absolute Gasteiger partial charge is 0.352 e. The monoisotopic (exact) mass is 315 g/mol. The smallest absolute Gasteiger partial charge is 0.225 e. The normalized spacial score (nSPS) is 25.6. The van der Waals surface area contributed by atoms with Crippen LogP contribution >= 0.6 is 0 Å². The second kappa shape index (κ2) is 7.13. The Labute approximate surface area is 137 Å². The van der Waals surface area contributed by atoms with Gasteiger partial charge in [0, 0.05) is 39.1 Å². The zero-order chi connectivity index (χ0) is 16.2. The van der Waals surface area contributed by atoms with Gasteiger partial charge in [0.2, 0.25) is 11.8 Å². The van der Waals surface area contributed by atoms with Gasteiger partial charge in [-0.25, -0.2) is 0 Å². The van der Waals surface area contributed by atoms with Gasteiger partial charge < -0.3 is 10.2 Å². The number of likely N-dealkylation sites (tertiary alicyclic amines) is 2. The third kappa shape index (κ3) is 4.10. The zero-order valence-electron chi connectivity index (χ0n) is 13.7. The summed E-state index contributed by atoms with van der Waals surface area (Å²) in [5, 5.41) is 3.16. The van der Waals surface area contributed by atoms with E-state index in [1.54, 1.807) is 11.9 Å². The lowest BCUT2D eigenvalue weighted by Gasteiger charge is -2.33. The quantitative estimate of drug-likeness (QED) is 0.910. The topological polar surface area (TPSA) is 52.7 Å². The van der Waals surface area contributed by atoms with E-state index in [2.05, 4.69) is 34.5 Å². The van der Waals surface area contributed by atoms with Gasteiger partial charge in [-0.1, -0.05) is 30.3 Å². The molecular formula is C18H25N3O2. The summed E-state index contributed by atoms with van der Waals surface area (Å²) in [5.74, 6) is -0.0780. The fourth-order valence-electron chi connectivity index (χ4n) is 3.52. The Kier molecular flexibility index (Phi) is 4.96. The van der Waals surface area contributed by atoms with Crippen LogP contribution in [0, 0.1) is 5.92 Å². The molecule has 5 nitrogen and oxygen atoms in total. The highest BCUT2D eigenvalue weighted by Gasteiger charge is 2.33. The molecule has 2 amide bonds. The lowest BCUT2D eigenvalue weighted by molar-refractivity contribution is -0.128. The van der Waals surface area contributed by atoms with Crippen LogP contribution in [0.1, 0.15) is 24.8 Å². The molecule has 0 aromatic heterocycles. The number of hydrogen-bond donors (Lipinski definition) is 1. The molecule has 2 atom stereocenters. The fourth-order valence-corrected chi connectivity index (χ4v) is 3.52. The van der Waals surface area contributed by atoms with Gasteiger partial charge in [0.05, 0.1) is 5.92 Å².